The Labute approximate surface area is 112 Å². The van der Waals surface area contributed by atoms with Gasteiger partial charge in [0.05, 0.1) is 12.8 Å². The summed E-state index contributed by atoms with van der Waals surface area (Å²) in [4.78, 5) is 12.7. The van der Waals surface area contributed by atoms with E-state index in [1.807, 2.05) is 30.3 Å². The average Bonchev–Trinajstić information content (AvgIpc) is 2.90. The number of rotatable bonds is 6. The van der Waals surface area contributed by atoms with E-state index in [-0.39, 0.29) is 6.54 Å². The predicted octanol–water partition coefficient (Wildman–Crippen LogP) is 2.93. The molecule has 19 heavy (non-hydrogen) atoms. The van der Waals surface area contributed by atoms with Crippen molar-refractivity contribution in [2.75, 3.05) is 11.4 Å². The van der Waals surface area contributed by atoms with E-state index in [9.17, 15) is 4.79 Å². The molecular formula is C15H17NO3. The van der Waals surface area contributed by atoms with Crippen LogP contribution in [0.4, 0.5) is 5.69 Å². The number of aliphatic carboxylic acids is 1. The fraction of sp³-hybridized carbons (Fsp3) is 0.267. The second kappa shape index (κ2) is 6.09. The molecule has 0 atom stereocenters. The Morgan fingerprint density at radius 1 is 1.26 bits per heavy atom. The van der Waals surface area contributed by atoms with Gasteiger partial charge in [-0.15, -0.1) is 0 Å². The number of hydrogen-bond donors (Lipinski definition) is 1. The van der Waals surface area contributed by atoms with Crippen LogP contribution in [-0.2, 0) is 17.8 Å². The monoisotopic (exact) mass is 259 g/mol. The quantitative estimate of drug-likeness (QED) is 0.866. The maximum Gasteiger partial charge on any atom is 0.323 e. The number of nitrogens with zero attached hydrogens (tertiary/aromatic N) is 1. The molecule has 1 heterocycles. The Hall–Kier alpha value is -2.23. The number of hydrogen-bond acceptors (Lipinski definition) is 3. The third-order valence-electron chi connectivity index (χ3n) is 2.96. The van der Waals surface area contributed by atoms with Gasteiger partial charge in [0.1, 0.15) is 12.3 Å². The van der Waals surface area contributed by atoms with Crippen molar-refractivity contribution < 1.29 is 14.3 Å². The topological polar surface area (TPSA) is 53.7 Å². The van der Waals surface area contributed by atoms with E-state index in [0.29, 0.717) is 6.54 Å². The molecule has 2 rings (SSSR count). The van der Waals surface area contributed by atoms with Gasteiger partial charge >= 0.3 is 5.97 Å². The van der Waals surface area contributed by atoms with E-state index in [1.54, 1.807) is 17.2 Å². The number of anilines is 1. The van der Waals surface area contributed by atoms with Gasteiger partial charge in [-0.05, 0) is 36.2 Å². The van der Waals surface area contributed by atoms with Gasteiger partial charge in [-0.25, -0.2) is 0 Å². The molecule has 0 aliphatic rings. The van der Waals surface area contributed by atoms with Gasteiger partial charge in [-0.2, -0.15) is 0 Å². The predicted molar refractivity (Wildman–Crippen MR) is 73.2 cm³/mol. The van der Waals surface area contributed by atoms with Crippen LogP contribution in [0.1, 0.15) is 18.2 Å². The molecule has 1 aromatic carbocycles. The molecule has 0 unspecified atom stereocenters. The summed E-state index contributed by atoms with van der Waals surface area (Å²) in [7, 11) is 0. The fourth-order valence-corrected chi connectivity index (χ4v) is 1.93. The molecular weight excluding hydrogens is 242 g/mol. The molecule has 1 aromatic heterocycles. The number of carbonyl (C=O) groups is 1. The molecule has 100 valence electrons. The van der Waals surface area contributed by atoms with Crippen molar-refractivity contribution in [3.63, 3.8) is 0 Å². The third-order valence-corrected chi connectivity index (χ3v) is 2.96. The summed E-state index contributed by atoms with van der Waals surface area (Å²) in [6.07, 6.45) is 2.56. The molecule has 0 aliphatic heterocycles. The van der Waals surface area contributed by atoms with Crippen LogP contribution in [0.15, 0.2) is 47.1 Å². The second-order valence-corrected chi connectivity index (χ2v) is 4.35. The molecule has 0 bridgehead atoms. The van der Waals surface area contributed by atoms with Crippen molar-refractivity contribution in [1.82, 2.24) is 0 Å². The SMILES string of the molecule is CCc1ccc(N(CC(=O)O)Cc2ccco2)cc1. The van der Waals surface area contributed by atoms with E-state index >= 15 is 0 Å². The number of aryl methyl sites for hydroxylation is 1. The van der Waals surface area contributed by atoms with Crippen molar-refractivity contribution in [3.8, 4) is 0 Å². The Bertz CT molecular complexity index is 517. The Morgan fingerprint density at radius 2 is 2.00 bits per heavy atom. The summed E-state index contributed by atoms with van der Waals surface area (Å²) >= 11 is 0. The summed E-state index contributed by atoms with van der Waals surface area (Å²) in [6.45, 7) is 2.49. The van der Waals surface area contributed by atoms with Gasteiger partial charge in [0.25, 0.3) is 0 Å². The average molecular weight is 259 g/mol. The van der Waals surface area contributed by atoms with Crippen LogP contribution in [0.3, 0.4) is 0 Å². The highest BCUT2D eigenvalue weighted by Gasteiger charge is 2.12. The van der Waals surface area contributed by atoms with Crippen molar-refractivity contribution in [1.29, 1.82) is 0 Å². The molecule has 0 radical (unpaired) electrons. The largest absolute Gasteiger partial charge is 0.480 e. The number of furan rings is 1. The van der Waals surface area contributed by atoms with Crippen LogP contribution in [0.5, 0.6) is 0 Å². The zero-order chi connectivity index (χ0) is 13.7. The lowest BCUT2D eigenvalue weighted by Crippen LogP contribution is -2.28. The Morgan fingerprint density at radius 3 is 2.53 bits per heavy atom. The number of carboxylic acids is 1. The van der Waals surface area contributed by atoms with Gasteiger partial charge in [0.2, 0.25) is 0 Å². The molecule has 0 amide bonds. The summed E-state index contributed by atoms with van der Waals surface area (Å²) < 4.78 is 5.28. The first-order chi connectivity index (χ1) is 9.19. The van der Waals surface area contributed by atoms with Gasteiger partial charge in [-0.3, -0.25) is 4.79 Å². The van der Waals surface area contributed by atoms with Gasteiger partial charge in [-0.1, -0.05) is 19.1 Å². The zero-order valence-electron chi connectivity index (χ0n) is 10.9. The van der Waals surface area contributed by atoms with Crippen LogP contribution < -0.4 is 4.90 Å². The smallest absolute Gasteiger partial charge is 0.323 e. The first kappa shape index (κ1) is 13.2. The van der Waals surface area contributed by atoms with Crippen LogP contribution in [-0.4, -0.2) is 17.6 Å². The van der Waals surface area contributed by atoms with Crippen LogP contribution in [0.2, 0.25) is 0 Å². The molecule has 0 saturated carbocycles. The second-order valence-electron chi connectivity index (χ2n) is 4.35. The van der Waals surface area contributed by atoms with Crippen LogP contribution in [0.25, 0.3) is 0 Å². The first-order valence-electron chi connectivity index (χ1n) is 6.27. The van der Waals surface area contributed by atoms with Crippen molar-refractivity contribution in [2.45, 2.75) is 19.9 Å². The van der Waals surface area contributed by atoms with Gasteiger partial charge < -0.3 is 14.4 Å². The van der Waals surface area contributed by atoms with Crippen LogP contribution >= 0.6 is 0 Å². The van der Waals surface area contributed by atoms with Crippen LogP contribution in [0, 0.1) is 0 Å². The van der Waals surface area contributed by atoms with Crippen molar-refractivity contribution in [3.05, 3.63) is 54.0 Å². The standard InChI is InChI=1S/C15H17NO3/c1-2-12-5-7-13(8-6-12)16(11-15(17)18)10-14-4-3-9-19-14/h3-9H,2,10-11H2,1H3,(H,17,18). The van der Waals surface area contributed by atoms with Gasteiger partial charge in [0, 0.05) is 5.69 Å². The zero-order valence-corrected chi connectivity index (χ0v) is 10.9. The Balaban J connectivity index is 2.17. The van der Waals surface area contributed by atoms with E-state index in [1.165, 1.54) is 5.56 Å². The normalized spacial score (nSPS) is 10.4. The molecule has 1 N–H and O–H groups in total. The third kappa shape index (κ3) is 3.61. The van der Waals surface area contributed by atoms with E-state index in [4.69, 9.17) is 9.52 Å². The minimum Gasteiger partial charge on any atom is -0.480 e. The number of carboxylic acid groups (broad SMARTS) is 1. The van der Waals surface area contributed by atoms with Gasteiger partial charge in [0.15, 0.2) is 0 Å². The maximum atomic E-state index is 11.0. The summed E-state index contributed by atoms with van der Waals surface area (Å²) in [6, 6.07) is 11.6. The number of benzene rings is 1. The summed E-state index contributed by atoms with van der Waals surface area (Å²) in [5, 5.41) is 9.00. The highest BCUT2D eigenvalue weighted by Crippen LogP contribution is 2.18. The minimum absolute atomic E-state index is 0.0494. The minimum atomic E-state index is -0.855. The maximum absolute atomic E-state index is 11.0. The van der Waals surface area contributed by atoms with E-state index in [0.717, 1.165) is 17.9 Å². The molecule has 0 saturated heterocycles. The molecule has 4 nitrogen and oxygen atoms in total. The first-order valence-corrected chi connectivity index (χ1v) is 6.27. The van der Waals surface area contributed by atoms with E-state index in [2.05, 4.69) is 6.92 Å². The highest BCUT2D eigenvalue weighted by atomic mass is 16.4. The lowest BCUT2D eigenvalue weighted by Gasteiger charge is -2.22. The van der Waals surface area contributed by atoms with Crippen molar-refractivity contribution in [2.24, 2.45) is 0 Å². The molecule has 2 aromatic rings. The lowest BCUT2D eigenvalue weighted by atomic mass is 10.1. The van der Waals surface area contributed by atoms with Crippen molar-refractivity contribution >= 4 is 11.7 Å². The molecule has 0 spiro atoms. The lowest BCUT2D eigenvalue weighted by molar-refractivity contribution is -0.135. The molecule has 4 heteroatoms. The molecule has 0 fully saturated rings. The Kier molecular flexibility index (Phi) is 4.23. The fourth-order valence-electron chi connectivity index (χ4n) is 1.93. The summed E-state index contributed by atoms with van der Waals surface area (Å²) in [5.41, 5.74) is 2.12. The summed E-state index contributed by atoms with van der Waals surface area (Å²) in [5.74, 6) is -0.105. The molecule has 0 aliphatic carbocycles. The van der Waals surface area contributed by atoms with E-state index < -0.39 is 5.97 Å². The highest BCUT2D eigenvalue weighted by molar-refractivity contribution is 5.73.